The molecule has 0 bridgehead atoms. The molecule has 0 fully saturated rings. The molecule has 0 aliphatic heterocycles. The molecule has 94 valence electrons. The lowest BCUT2D eigenvalue weighted by molar-refractivity contribution is 0.589. The summed E-state index contributed by atoms with van der Waals surface area (Å²) in [6.07, 6.45) is 1.69. The number of nitrogens with zero attached hydrogens (tertiary/aromatic N) is 1. The first-order valence-electron chi connectivity index (χ1n) is 5.70. The number of oxazole rings is 1. The highest BCUT2D eigenvalue weighted by molar-refractivity contribution is 6.31. The summed E-state index contributed by atoms with van der Waals surface area (Å²) >= 11 is 11.8. The number of hydrogen-bond acceptors (Lipinski definition) is 2. The van der Waals surface area contributed by atoms with Crippen LogP contribution in [0.5, 0.6) is 0 Å². The molecule has 2 nitrogen and oxygen atoms in total. The summed E-state index contributed by atoms with van der Waals surface area (Å²) < 4.78 is 5.74. The Morgan fingerprint density at radius 3 is 2.37 bits per heavy atom. The van der Waals surface area contributed by atoms with Gasteiger partial charge in [-0.3, -0.25) is 0 Å². The topological polar surface area (TPSA) is 26.0 Å². The number of hydrogen-bond donors (Lipinski definition) is 0. The van der Waals surface area contributed by atoms with Crippen LogP contribution in [0.1, 0.15) is 0 Å². The van der Waals surface area contributed by atoms with E-state index >= 15 is 0 Å². The summed E-state index contributed by atoms with van der Waals surface area (Å²) in [5, 5.41) is 1.35. The van der Waals surface area contributed by atoms with Crippen LogP contribution in [-0.2, 0) is 0 Å². The van der Waals surface area contributed by atoms with E-state index in [9.17, 15) is 0 Å². The van der Waals surface area contributed by atoms with Gasteiger partial charge in [0.25, 0.3) is 0 Å². The second kappa shape index (κ2) is 5.08. The van der Waals surface area contributed by atoms with Crippen molar-refractivity contribution in [3.05, 3.63) is 64.8 Å². The molecule has 1 heterocycles. The molecule has 0 saturated carbocycles. The van der Waals surface area contributed by atoms with Crippen LogP contribution in [-0.4, -0.2) is 4.98 Å². The quantitative estimate of drug-likeness (QED) is 0.638. The lowest BCUT2D eigenvalue weighted by Gasteiger charge is -1.97. The van der Waals surface area contributed by atoms with Crippen molar-refractivity contribution in [2.24, 2.45) is 0 Å². The van der Waals surface area contributed by atoms with Crippen LogP contribution in [0.2, 0.25) is 10.0 Å². The Morgan fingerprint density at radius 2 is 1.63 bits per heavy atom. The maximum absolute atomic E-state index is 5.95. The van der Waals surface area contributed by atoms with E-state index in [1.54, 1.807) is 6.20 Å². The van der Waals surface area contributed by atoms with Gasteiger partial charge in [0.05, 0.1) is 6.20 Å². The third kappa shape index (κ3) is 2.65. The Labute approximate surface area is 120 Å². The summed E-state index contributed by atoms with van der Waals surface area (Å²) in [6, 6.07) is 14.8. The van der Waals surface area contributed by atoms with Crippen LogP contribution in [0.25, 0.3) is 22.8 Å². The van der Waals surface area contributed by atoms with Gasteiger partial charge in [0.1, 0.15) is 0 Å². The molecule has 19 heavy (non-hydrogen) atoms. The van der Waals surface area contributed by atoms with E-state index in [-0.39, 0.29) is 0 Å². The standard InChI is InChI=1S/C15H9Cl2NO/c16-12-6-4-10(5-7-12)14-9-18-15(19-14)11-2-1-3-13(17)8-11/h1-9H. The summed E-state index contributed by atoms with van der Waals surface area (Å²) in [7, 11) is 0. The van der Waals surface area contributed by atoms with Crippen LogP contribution in [0.3, 0.4) is 0 Å². The maximum atomic E-state index is 5.95. The molecule has 0 aliphatic carbocycles. The van der Waals surface area contributed by atoms with Gasteiger partial charge in [0.2, 0.25) is 5.89 Å². The molecule has 3 rings (SSSR count). The SMILES string of the molecule is Clc1ccc(-c2cnc(-c3cccc(Cl)c3)o2)cc1. The van der Waals surface area contributed by atoms with Crippen molar-refractivity contribution in [1.82, 2.24) is 4.98 Å². The van der Waals surface area contributed by atoms with E-state index in [2.05, 4.69) is 4.98 Å². The fraction of sp³-hybridized carbons (Fsp3) is 0. The summed E-state index contributed by atoms with van der Waals surface area (Å²) in [5.74, 6) is 1.25. The Morgan fingerprint density at radius 1 is 0.842 bits per heavy atom. The molecule has 0 aliphatic rings. The largest absolute Gasteiger partial charge is 0.436 e. The molecule has 0 saturated heterocycles. The van der Waals surface area contributed by atoms with Crippen LogP contribution in [0, 0.1) is 0 Å². The van der Waals surface area contributed by atoms with Gasteiger partial charge < -0.3 is 4.42 Å². The summed E-state index contributed by atoms with van der Waals surface area (Å²) in [6.45, 7) is 0. The van der Waals surface area contributed by atoms with E-state index in [4.69, 9.17) is 27.6 Å². The Hall–Kier alpha value is -1.77. The summed E-state index contributed by atoms with van der Waals surface area (Å²) in [5.41, 5.74) is 1.79. The van der Waals surface area contributed by atoms with Gasteiger partial charge in [-0.1, -0.05) is 29.3 Å². The first-order valence-corrected chi connectivity index (χ1v) is 6.46. The minimum atomic E-state index is 0.549. The zero-order chi connectivity index (χ0) is 13.2. The predicted octanol–water partition coefficient (Wildman–Crippen LogP) is 5.32. The number of rotatable bonds is 2. The van der Waals surface area contributed by atoms with Crippen molar-refractivity contribution >= 4 is 23.2 Å². The highest BCUT2D eigenvalue weighted by atomic mass is 35.5. The van der Waals surface area contributed by atoms with Crippen molar-refractivity contribution < 1.29 is 4.42 Å². The maximum Gasteiger partial charge on any atom is 0.226 e. The van der Waals surface area contributed by atoms with Crippen molar-refractivity contribution in [2.75, 3.05) is 0 Å². The minimum Gasteiger partial charge on any atom is -0.436 e. The Kier molecular flexibility index (Phi) is 3.28. The Balaban J connectivity index is 1.97. The molecule has 0 N–H and O–H groups in total. The lowest BCUT2D eigenvalue weighted by atomic mass is 10.2. The molecular formula is C15H9Cl2NO. The van der Waals surface area contributed by atoms with E-state index < -0.39 is 0 Å². The van der Waals surface area contributed by atoms with Gasteiger partial charge in [-0.05, 0) is 42.5 Å². The first kappa shape index (κ1) is 12.3. The predicted molar refractivity (Wildman–Crippen MR) is 77.4 cm³/mol. The Bertz CT molecular complexity index is 704. The van der Waals surface area contributed by atoms with Crippen LogP contribution in [0.15, 0.2) is 59.1 Å². The highest BCUT2D eigenvalue weighted by Crippen LogP contribution is 2.27. The molecule has 2 aromatic carbocycles. The van der Waals surface area contributed by atoms with E-state index in [1.807, 2.05) is 48.5 Å². The van der Waals surface area contributed by atoms with E-state index in [1.165, 1.54) is 0 Å². The third-order valence-corrected chi connectivity index (χ3v) is 3.19. The average molecular weight is 290 g/mol. The van der Waals surface area contributed by atoms with Crippen molar-refractivity contribution in [3.8, 4) is 22.8 Å². The molecule has 0 unspecified atom stereocenters. The second-order valence-electron chi connectivity index (χ2n) is 4.05. The molecule has 0 atom stereocenters. The number of halogens is 2. The second-order valence-corrected chi connectivity index (χ2v) is 4.92. The molecule has 3 aromatic rings. The van der Waals surface area contributed by atoms with Crippen LogP contribution in [0.4, 0.5) is 0 Å². The van der Waals surface area contributed by atoms with Gasteiger partial charge in [-0.15, -0.1) is 0 Å². The fourth-order valence-corrected chi connectivity index (χ4v) is 2.09. The van der Waals surface area contributed by atoms with Crippen LogP contribution >= 0.6 is 23.2 Å². The fourth-order valence-electron chi connectivity index (χ4n) is 1.78. The normalized spacial score (nSPS) is 10.6. The van der Waals surface area contributed by atoms with Gasteiger partial charge >= 0.3 is 0 Å². The summed E-state index contributed by atoms with van der Waals surface area (Å²) in [4.78, 5) is 4.27. The highest BCUT2D eigenvalue weighted by Gasteiger charge is 2.08. The minimum absolute atomic E-state index is 0.549. The average Bonchev–Trinajstić information content (AvgIpc) is 2.89. The van der Waals surface area contributed by atoms with Crippen LogP contribution < -0.4 is 0 Å². The molecule has 1 aromatic heterocycles. The zero-order valence-electron chi connectivity index (χ0n) is 9.81. The molecule has 0 spiro atoms. The number of aromatic nitrogens is 1. The monoisotopic (exact) mass is 289 g/mol. The van der Waals surface area contributed by atoms with Crippen molar-refractivity contribution in [3.63, 3.8) is 0 Å². The first-order chi connectivity index (χ1) is 9.22. The molecule has 0 amide bonds. The van der Waals surface area contributed by atoms with Gasteiger partial charge in [-0.2, -0.15) is 0 Å². The van der Waals surface area contributed by atoms with Gasteiger partial charge in [0.15, 0.2) is 5.76 Å². The lowest BCUT2D eigenvalue weighted by Crippen LogP contribution is -1.75. The molecular weight excluding hydrogens is 281 g/mol. The van der Waals surface area contributed by atoms with Crippen molar-refractivity contribution in [2.45, 2.75) is 0 Å². The van der Waals surface area contributed by atoms with E-state index in [0.717, 1.165) is 11.1 Å². The molecule has 0 radical (unpaired) electrons. The smallest absolute Gasteiger partial charge is 0.226 e. The van der Waals surface area contributed by atoms with Crippen molar-refractivity contribution in [1.29, 1.82) is 0 Å². The molecule has 4 heteroatoms. The van der Waals surface area contributed by atoms with Gasteiger partial charge in [0, 0.05) is 21.2 Å². The zero-order valence-corrected chi connectivity index (χ0v) is 11.3. The van der Waals surface area contributed by atoms with E-state index in [0.29, 0.717) is 21.7 Å². The van der Waals surface area contributed by atoms with Gasteiger partial charge in [-0.25, -0.2) is 4.98 Å². The third-order valence-electron chi connectivity index (χ3n) is 2.71. The number of benzene rings is 2.